The van der Waals surface area contributed by atoms with Gasteiger partial charge in [-0.2, -0.15) is 70.2 Å². The van der Waals surface area contributed by atoms with Crippen molar-refractivity contribution >= 4 is 109 Å². The standard InChI is InChI=1S/C17H22F4O9S.C16H22F4O9S.C14H10.C10H8.2C6H8F4O5S.2C4H10O/c1-15(2,24)11-8-5-7-10(11)14(23)30-13(7)12(8)29-6-9(22)28-4-3-16(18,19)17(20,21)31(25,26)27;1-14(2,23)9-6-10(11-5-8(9)13(22)29-11)28-7-12(21)27-4-3-15(17,18)16(19,20)30(24,25)26;1-2-6-12-10-14-8-4-3-7-13(14)9-11(12)5-1;1-2-6-10-8-4-3-7-9(10)5-1;2*1-4(11)15-3-2-5(7,8)6(9,10)16(12,13)14;2*1-4(2,3)5/h7-8,10-13,24H,3-6H2,1-2H3,(H,25,26,27);8-11,23H,3-7H2,1-2H3,(H,24,25,26);1-10H;1-8H;2*2-3H2,1H3,(H,12,13,14);2*5H,1-3H3/p-4. The zero-order valence-corrected chi connectivity index (χ0v) is 72.7. The van der Waals surface area contributed by atoms with Crippen molar-refractivity contribution in [1.29, 1.82) is 0 Å². The first kappa shape index (κ1) is 113. The van der Waals surface area contributed by atoms with Crippen LogP contribution in [0.25, 0.3) is 32.3 Å². The van der Waals surface area contributed by atoms with Crippen molar-refractivity contribution in [3.05, 3.63) is 109 Å². The van der Waals surface area contributed by atoms with E-state index in [1.807, 2.05) is 0 Å². The van der Waals surface area contributed by atoms with Gasteiger partial charge in [0.2, 0.25) is 0 Å². The number of hydrogen-bond acceptors (Lipinski definition) is 30. The summed E-state index contributed by atoms with van der Waals surface area (Å²) in [4.78, 5) is 67.8. The third-order valence-electron chi connectivity index (χ3n) is 18.6. The normalized spacial score (nSPS) is 20.9. The Balaban J connectivity index is 0.000000398. The van der Waals surface area contributed by atoms with Gasteiger partial charge in [-0.25, -0.2) is 43.3 Å². The maximum absolute atomic E-state index is 13.4. The van der Waals surface area contributed by atoms with Crippen molar-refractivity contribution in [2.75, 3.05) is 39.6 Å². The van der Waals surface area contributed by atoms with Crippen molar-refractivity contribution in [3.63, 3.8) is 0 Å². The van der Waals surface area contributed by atoms with Gasteiger partial charge in [0.25, 0.3) is 0 Å². The SMILES string of the molecule is CC(=O)OCCC(F)(F)C(F)(F)S(=O)(=O)[O-].CC(=O)OCCC(F)(F)C(F)(F)S(=O)(=O)[O-].CC(C)(C)O.CC(C)(C)O.CC(C)(O)C1C2CC3C(OC(=O)C31)C2OCC(=O)OCCC(F)(F)C(F)(F)S(=O)(=O)[O-].CC(C)(O)C1CC(OCC(=O)OCCC(F)(F)C(F)(F)S(=O)(=O)[O-])C2CC1C(=O)O2.c1ccc2cc3ccccc3cc2c1.c1ccc2ccccc2c1. The molecule has 4 N–H and O–H groups in total. The minimum Gasteiger partial charge on any atom is -0.743 e. The predicted octanol–water partition coefficient (Wildman–Crippen LogP) is 11.3. The molecule has 2 heterocycles. The van der Waals surface area contributed by atoms with E-state index in [0.717, 1.165) is 13.8 Å². The molecule has 4 bridgehead atoms. The summed E-state index contributed by atoms with van der Waals surface area (Å²) >= 11 is 0. The Morgan fingerprint density at radius 3 is 0.961 bits per heavy atom. The van der Waals surface area contributed by atoms with Crippen LogP contribution in [0.15, 0.2) is 109 Å². The number of ether oxygens (including phenoxy) is 8. The Labute approximate surface area is 718 Å². The first-order chi connectivity index (χ1) is 57.2. The highest BCUT2D eigenvalue weighted by molar-refractivity contribution is 7.87. The van der Waals surface area contributed by atoms with E-state index >= 15 is 0 Å². The quantitative estimate of drug-likeness (QED) is 0.0119. The number of esters is 6. The van der Waals surface area contributed by atoms with Gasteiger partial charge in [0.1, 0.15) is 25.4 Å². The molecule has 3 aliphatic carbocycles. The lowest BCUT2D eigenvalue weighted by atomic mass is 9.71. The number of carbonyl (C=O) groups excluding carboxylic acids is 6. The molecule has 0 amide bonds. The van der Waals surface area contributed by atoms with E-state index < -0.39 is 257 Å². The molecule has 5 aromatic carbocycles. The zero-order valence-electron chi connectivity index (χ0n) is 69.4. The van der Waals surface area contributed by atoms with Crippen LogP contribution in [0.5, 0.6) is 0 Å². The topological polar surface area (TPSA) is 486 Å². The highest BCUT2D eigenvalue weighted by atomic mass is 32.2. The highest BCUT2D eigenvalue weighted by Crippen LogP contribution is 2.61. The Kier molecular flexibility index (Phi) is 38.6. The summed E-state index contributed by atoms with van der Waals surface area (Å²) in [5.41, 5.74) is -3.46. The number of benzene rings is 5. The molecule has 10 unspecified atom stereocenters. The molecule has 2 saturated heterocycles. The third-order valence-corrected chi connectivity index (χ3v) is 22.3. The number of rotatable bonds is 28. The van der Waals surface area contributed by atoms with Crippen LogP contribution in [-0.2, 0) is 107 Å². The fourth-order valence-corrected chi connectivity index (χ4v) is 14.7. The first-order valence-corrected chi connectivity index (χ1v) is 43.1. The lowest BCUT2D eigenvalue weighted by Gasteiger charge is -2.38. The molecule has 5 fully saturated rings. The zero-order chi connectivity index (χ0) is 98.3. The van der Waals surface area contributed by atoms with E-state index in [1.54, 1.807) is 55.4 Å². The van der Waals surface area contributed by atoms with Gasteiger partial charge in [-0.1, -0.05) is 97.1 Å². The number of hydrogen-bond donors (Lipinski definition) is 4. The van der Waals surface area contributed by atoms with E-state index in [1.165, 1.54) is 46.2 Å². The molecule has 5 aromatic rings. The van der Waals surface area contributed by atoms with Crippen LogP contribution in [0, 0.1) is 35.5 Å². The molecule has 0 spiro atoms. The minimum absolute atomic E-state index is 0.170. The smallest absolute Gasteiger partial charge is 0.396 e. The number of alkyl halides is 16. The molecule has 3 saturated carbocycles. The van der Waals surface area contributed by atoms with E-state index in [9.17, 15) is 161 Å². The average Bonchev–Trinajstić information content (AvgIpc) is 1.54. The molecule has 50 heteroatoms. The van der Waals surface area contributed by atoms with Crippen molar-refractivity contribution in [1.82, 2.24) is 0 Å². The fourth-order valence-electron chi connectivity index (χ4n) is 12.9. The second-order valence-electron chi connectivity index (χ2n) is 32.2. The summed E-state index contributed by atoms with van der Waals surface area (Å²) in [6, 6.07) is 38.1. The van der Waals surface area contributed by atoms with E-state index in [2.05, 4.69) is 128 Å². The summed E-state index contributed by atoms with van der Waals surface area (Å²) in [6.07, 6.45) is -9.19. The highest BCUT2D eigenvalue weighted by Gasteiger charge is 2.70. The van der Waals surface area contributed by atoms with Gasteiger partial charge < -0.3 is 76.5 Å². The van der Waals surface area contributed by atoms with Gasteiger partial charge in [0.15, 0.2) is 40.5 Å². The Morgan fingerprint density at radius 1 is 0.402 bits per heavy atom. The molecule has 0 aromatic heterocycles. The van der Waals surface area contributed by atoms with E-state index in [4.69, 9.17) is 29.2 Å². The molecule has 0 radical (unpaired) electrons. The summed E-state index contributed by atoms with van der Waals surface area (Å²) in [5, 5.41) is 22.4. The Morgan fingerprint density at radius 2 is 0.685 bits per heavy atom. The lowest BCUT2D eigenvalue weighted by molar-refractivity contribution is -0.178. The summed E-state index contributed by atoms with van der Waals surface area (Å²) in [5.74, 6) is -28.5. The van der Waals surface area contributed by atoms with Gasteiger partial charge in [-0.15, -0.1) is 0 Å². The van der Waals surface area contributed by atoms with Crippen LogP contribution in [0.4, 0.5) is 70.2 Å². The van der Waals surface area contributed by atoms with E-state index in [-0.39, 0.29) is 24.7 Å². The number of fused-ring (bicyclic) bond motifs is 6. The number of aliphatic hydroxyl groups is 4. The molecule has 2 aliphatic heterocycles. The maximum Gasteiger partial charge on any atom is 0.396 e. The molecule has 722 valence electrons. The Hall–Kier alpha value is -8.02. The van der Waals surface area contributed by atoms with Gasteiger partial charge in [-0.05, 0) is 132 Å². The minimum atomic E-state index is -6.62. The van der Waals surface area contributed by atoms with Crippen LogP contribution in [-0.4, -0.2) is 239 Å². The lowest BCUT2D eigenvalue weighted by Crippen LogP contribution is -2.48. The molecule has 127 heavy (non-hydrogen) atoms. The average molecular weight is 1930 g/mol. The van der Waals surface area contributed by atoms with Gasteiger partial charge >= 0.3 is 80.5 Å². The van der Waals surface area contributed by atoms with Crippen LogP contribution in [0.3, 0.4) is 0 Å². The van der Waals surface area contributed by atoms with Gasteiger partial charge in [0, 0.05) is 38.0 Å². The number of carbonyl (C=O) groups is 6. The molecular weight excluding hydrogens is 1840 g/mol. The third kappa shape index (κ3) is 32.2. The van der Waals surface area contributed by atoms with Crippen LogP contribution >= 0.6 is 0 Å². The van der Waals surface area contributed by atoms with Gasteiger partial charge in [-0.3, -0.25) is 19.2 Å². The van der Waals surface area contributed by atoms with Crippen LogP contribution < -0.4 is 0 Å². The second-order valence-corrected chi connectivity index (χ2v) is 37.9. The summed E-state index contributed by atoms with van der Waals surface area (Å²) in [7, 11) is -26.2. The fraction of sp³-hybridized carbons (Fsp3) is 0.610. The summed E-state index contributed by atoms with van der Waals surface area (Å²) in [6.45, 7) is 11.9. The second kappa shape index (κ2) is 43.4. The molecular formula is C77H94F16O30S4-4. The predicted molar refractivity (Wildman–Crippen MR) is 408 cm³/mol. The van der Waals surface area contributed by atoms with Crippen LogP contribution in [0.2, 0.25) is 0 Å². The monoisotopic (exact) mass is 1930 g/mol. The van der Waals surface area contributed by atoms with E-state index in [0.29, 0.717) is 6.42 Å². The summed E-state index contributed by atoms with van der Waals surface area (Å²) < 4.78 is 365. The first-order valence-electron chi connectivity index (χ1n) is 37.5. The van der Waals surface area contributed by atoms with Crippen molar-refractivity contribution in [2.24, 2.45) is 35.5 Å². The molecule has 5 aliphatic rings. The maximum atomic E-state index is 13.4. The number of halogens is 16. The van der Waals surface area contributed by atoms with Crippen molar-refractivity contribution in [3.8, 4) is 0 Å². The Bertz CT molecular complexity index is 4770. The van der Waals surface area contributed by atoms with Crippen molar-refractivity contribution < 1.29 is 209 Å². The van der Waals surface area contributed by atoms with Crippen LogP contribution in [0.1, 0.15) is 128 Å². The largest absolute Gasteiger partial charge is 0.743 e. The van der Waals surface area contributed by atoms with Gasteiger partial charge in [0.05, 0.1) is 98.6 Å². The molecule has 10 rings (SSSR count). The van der Waals surface area contributed by atoms with Crippen molar-refractivity contribution in [2.45, 2.75) is 220 Å². The molecule has 30 nitrogen and oxygen atoms in total. The molecule has 10 atom stereocenters.